The first-order valence-corrected chi connectivity index (χ1v) is 6.42. The molecule has 0 fully saturated rings. The summed E-state index contributed by atoms with van der Waals surface area (Å²) in [4.78, 5) is 10.9. The highest BCUT2D eigenvalue weighted by Gasteiger charge is 2.20. The summed E-state index contributed by atoms with van der Waals surface area (Å²) in [6, 6.07) is 7.54. The van der Waals surface area contributed by atoms with Crippen molar-refractivity contribution >= 4 is 11.5 Å². The third kappa shape index (κ3) is 4.78. The Hall–Kier alpha value is -1.77. The minimum atomic E-state index is -0.924. The van der Waals surface area contributed by atoms with Crippen LogP contribution in [0.2, 0.25) is 0 Å². The van der Waals surface area contributed by atoms with Crippen molar-refractivity contribution in [2.75, 3.05) is 0 Å². The molecule has 1 N–H and O–H groups in total. The van der Waals surface area contributed by atoms with Crippen molar-refractivity contribution < 1.29 is 14.6 Å². The molecule has 0 atom stereocenters. The monoisotopic (exact) mass is 262 g/mol. The second kappa shape index (κ2) is 5.91. The fourth-order valence-electron chi connectivity index (χ4n) is 1.84. The smallest absolute Gasteiger partial charge is 0.328 e. The van der Waals surface area contributed by atoms with Crippen molar-refractivity contribution in [3.05, 3.63) is 35.9 Å². The fraction of sp³-hybridized carbons (Fsp3) is 0.438. The Morgan fingerprint density at radius 3 is 2.11 bits per heavy atom. The molecule has 19 heavy (non-hydrogen) atoms. The van der Waals surface area contributed by atoms with Crippen molar-refractivity contribution in [1.82, 2.24) is 0 Å². The molecule has 0 radical (unpaired) electrons. The summed E-state index contributed by atoms with van der Waals surface area (Å²) < 4.78 is 5.58. The summed E-state index contributed by atoms with van der Waals surface area (Å²) in [5.74, 6) is -0.130. The number of carbonyl (C=O) groups is 1. The zero-order valence-corrected chi connectivity index (χ0v) is 12.2. The normalized spacial score (nSPS) is 12.6. The quantitative estimate of drug-likeness (QED) is 0.835. The fourth-order valence-corrected chi connectivity index (χ4v) is 1.84. The Kier molecular flexibility index (Phi) is 4.76. The summed E-state index contributed by atoms with van der Waals surface area (Å²) in [7, 11) is 0. The Morgan fingerprint density at radius 1 is 1.21 bits per heavy atom. The van der Waals surface area contributed by atoms with Crippen LogP contribution in [0.15, 0.2) is 30.3 Å². The van der Waals surface area contributed by atoms with Gasteiger partial charge in [0.2, 0.25) is 0 Å². The molecule has 0 bridgehead atoms. The molecule has 3 heteroatoms. The number of benzene rings is 1. The van der Waals surface area contributed by atoms with E-state index in [0.717, 1.165) is 16.9 Å². The van der Waals surface area contributed by atoms with Gasteiger partial charge in [-0.3, -0.25) is 0 Å². The Labute approximate surface area is 114 Å². The van der Waals surface area contributed by atoms with Crippen molar-refractivity contribution in [3.63, 3.8) is 0 Å². The number of carboxylic acid groups (broad SMARTS) is 1. The van der Waals surface area contributed by atoms with E-state index >= 15 is 0 Å². The number of rotatable bonds is 4. The lowest BCUT2D eigenvalue weighted by Gasteiger charge is -2.23. The van der Waals surface area contributed by atoms with E-state index in [1.165, 1.54) is 6.08 Å². The number of hydrogen-bond acceptors (Lipinski definition) is 2. The molecule has 1 rings (SSSR count). The van der Waals surface area contributed by atoms with Crippen LogP contribution in [0.25, 0.3) is 5.57 Å². The lowest BCUT2D eigenvalue weighted by molar-refractivity contribution is -0.131. The predicted molar refractivity (Wildman–Crippen MR) is 77.3 cm³/mol. The molecule has 0 saturated heterocycles. The van der Waals surface area contributed by atoms with E-state index < -0.39 is 5.97 Å². The van der Waals surface area contributed by atoms with Gasteiger partial charge in [0, 0.05) is 6.08 Å². The van der Waals surface area contributed by atoms with E-state index in [2.05, 4.69) is 0 Å². The molecule has 0 aliphatic rings. The number of hydrogen-bond donors (Lipinski definition) is 1. The van der Waals surface area contributed by atoms with Crippen LogP contribution < -0.4 is 4.74 Å². The third-order valence-corrected chi connectivity index (χ3v) is 2.61. The van der Waals surface area contributed by atoms with Gasteiger partial charge in [-0.1, -0.05) is 32.9 Å². The van der Waals surface area contributed by atoms with Crippen LogP contribution in [0.4, 0.5) is 0 Å². The van der Waals surface area contributed by atoms with Crippen LogP contribution in [-0.2, 0) is 4.79 Å². The minimum Gasteiger partial charge on any atom is -0.491 e. The first kappa shape index (κ1) is 15.3. The number of allylic oxidation sites excluding steroid dienone is 1. The average Bonchev–Trinajstić information content (AvgIpc) is 2.25. The second-order valence-electron chi connectivity index (χ2n) is 5.84. The van der Waals surface area contributed by atoms with E-state index in [9.17, 15) is 4.79 Å². The molecule has 0 amide bonds. The predicted octanol–water partition coefficient (Wildman–Crippen LogP) is 3.99. The maximum absolute atomic E-state index is 10.9. The lowest BCUT2D eigenvalue weighted by atomic mass is 9.82. The van der Waals surface area contributed by atoms with Gasteiger partial charge in [0.05, 0.1) is 6.10 Å². The average molecular weight is 262 g/mol. The highest BCUT2D eigenvalue weighted by molar-refractivity contribution is 5.91. The summed E-state index contributed by atoms with van der Waals surface area (Å²) >= 11 is 0. The standard InChI is InChI=1S/C16H22O3/c1-11(2)19-13-8-6-12(7-9-13)14(10-15(17)18)16(3,4)5/h6-11H,1-5H3,(H,17,18)/b14-10-. The van der Waals surface area contributed by atoms with Crippen LogP contribution in [0.1, 0.15) is 40.2 Å². The van der Waals surface area contributed by atoms with Gasteiger partial charge in [-0.2, -0.15) is 0 Å². The zero-order valence-electron chi connectivity index (χ0n) is 12.2. The molecule has 0 aliphatic heterocycles. The van der Waals surface area contributed by atoms with Crippen LogP contribution >= 0.6 is 0 Å². The molecule has 1 aromatic rings. The molecule has 104 valence electrons. The Balaban J connectivity index is 3.09. The van der Waals surface area contributed by atoms with E-state index in [-0.39, 0.29) is 11.5 Å². The SMILES string of the molecule is CC(C)Oc1ccc(/C(=C/C(=O)O)C(C)(C)C)cc1. The van der Waals surface area contributed by atoms with Gasteiger partial charge in [-0.05, 0) is 42.5 Å². The first-order chi connectivity index (χ1) is 8.70. The summed E-state index contributed by atoms with van der Waals surface area (Å²) in [5.41, 5.74) is 1.49. The van der Waals surface area contributed by atoms with Crippen molar-refractivity contribution in [2.24, 2.45) is 5.41 Å². The molecule has 0 saturated carbocycles. The topological polar surface area (TPSA) is 46.5 Å². The van der Waals surface area contributed by atoms with Gasteiger partial charge in [-0.15, -0.1) is 0 Å². The number of ether oxygens (including phenoxy) is 1. The minimum absolute atomic E-state index is 0.127. The summed E-state index contributed by atoms with van der Waals surface area (Å²) in [6.07, 6.45) is 1.40. The van der Waals surface area contributed by atoms with Crippen LogP contribution in [0.3, 0.4) is 0 Å². The number of aliphatic carboxylic acids is 1. The van der Waals surface area contributed by atoms with Crippen molar-refractivity contribution in [1.29, 1.82) is 0 Å². The highest BCUT2D eigenvalue weighted by Crippen LogP contribution is 2.34. The van der Waals surface area contributed by atoms with Crippen LogP contribution in [0.5, 0.6) is 5.75 Å². The van der Waals surface area contributed by atoms with Crippen molar-refractivity contribution in [2.45, 2.75) is 40.7 Å². The zero-order chi connectivity index (χ0) is 14.6. The highest BCUT2D eigenvalue weighted by atomic mass is 16.5. The van der Waals surface area contributed by atoms with Crippen molar-refractivity contribution in [3.8, 4) is 5.75 Å². The first-order valence-electron chi connectivity index (χ1n) is 6.42. The molecule has 3 nitrogen and oxygen atoms in total. The second-order valence-corrected chi connectivity index (χ2v) is 5.84. The van der Waals surface area contributed by atoms with Gasteiger partial charge >= 0.3 is 5.97 Å². The lowest BCUT2D eigenvalue weighted by Crippen LogP contribution is -2.10. The van der Waals surface area contributed by atoms with Gasteiger partial charge in [0.1, 0.15) is 5.75 Å². The maximum atomic E-state index is 10.9. The number of carboxylic acids is 1. The van der Waals surface area contributed by atoms with E-state index in [4.69, 9.17) is 9.84 Å². The summed E-state index contributed by atoms with van der Waals surface area (Å²) in [6.45, 7) is 9.94. The van der Waals surface area contributed by atoms with Gasteiger partial charge in [0.25, 0.3) is 0 Å². The molecular weight excluding hydrogens is 240 g/mol. The molecule has 1 aromatic carbocycles. The van der Waals surface area contributed by atoms with Crippen LogP contribution in [0, 0.1) is 5.41 Å². The molecule has 0 aliphatic carbocycles. The van der Waals surface area contributed by atoms with E-state index in [1.54, 1.807) is 0 Å². The Bertz CT molecular complexity index is 462. The van der Waals surface area contributed by atoms with Gasteiger partial charge in [0.15, 0.2) is 0 Å². The molecule has 0 heterocycles. The molecule has 0 spiro atoms. The third-order valence-electron chi connectivity index (χ3n) is 2.61. The van der Waals surface area contributed by atoms with Gasteiger partial charge in [-0.25, -0.2) is 4.79 Å². The van der Waals surface area contributed by atoms with E-state index in [0.29, 0.717) is 0 Å². The summed E-state index contributed by atoms with van der Waals surface area (Å²) in [5, 5.41) is 8.98. The molecular formula is C16H22O3. The largest absolute Gasteiger partial charge is 0.491 e. The van der Waals surface area contributed by atoms with E-state index in [1.807, 2.05) is 58.9 Å². The van der Waals surface area contributed by atoms with Crippen LogP contribution in [-0.4, -0.2) is 17.2 Å². The Morgan fingerprint density at radius 2 is 1.74 bits per heavy atom. The molecule has 0 aromatic heterocycles. The van der Waals surface area contributed by atoms with Gasteiger partial charge < -0.3 is 9.84 Å². The maximum Gasteiger partial charge on any atom is 0.328 e. The molecule has 0 unspecified atom stereocenters.